The standard InChI is InChI=1S/C2H5O.BO3.4H3N/c1-2-3;2-1(3)4;;;;/h2H2,1H3;;4*1H3/q-1;-3;;;;/p+4. The topological polar surface area (TPSA) is 238 Å². The molecule has 8 nitrogen and oxygen atoms in total. The first-order valence-corrected chi connectivity index (χ1v) is 1.70. The van der Waals surface area contributed by atoms with Crippen molar-refractivity contribution >= 4 is 7.32 Å². The van der Waals surface area contributed by atoms with Crippen LogP contribution in [0.25, 0.3) is 0 Å². The highest BCUT2D eigenvalue weighted by Gasteiger charge is 1.17. The van der Waals surface area contributed by atoms with Crippen LogP contribution in [-0.4, -0.2) is 13.9 Å². The van der Waals surface area contributed by atoms with Crippen molar-refractivity contribution < 1.29 is 20.2 Å². The lowest BCUT2D eigenvalue weighted by Crippen LogP contribution is -2.56. The lowest BCUT2D eigenvalue weighted by molar-refractivity contribution is -0.479. The van der Waals surface area contributed by atoms with Gasteiger partial charge in [0, 0.05) is 0 Å². The third-order valence-electron chi connectivity index (χ3n) is 0. The van der Waals surface area contributed by atoms with Gasteiger partial charge in [-0.2, -0.15) is 0 Å². The molecule has 11 heavy (non-hydrogen) atoms. The average Bonchev–Trinajstić information content (AvgIpc) is 1.33. The van der Waals surface area contributed by atoms with Crippen molar-refractivity contribution in [2.24, 2.45) is 0 Å². The van der Waals surface area contributed by atoms with Crippen LogP contribution >= 0.6 is 0 Å². The van der Waals surface area contributed by atoms with E-state index in [0.717, 1.165) is 0 Å². The highest BCUT2D eigenvalue weighted by atomic mass is 16.5. The second-order valence-corrected chi connectivity index (χ2v) is 0.577. The van der Waals surface area contributed by atoms with Crippen LogP contribution in [0.1, 0.15) is 6.92 Å². The van der Waals surface area contributed by atoms with Gasteiger partial charge in [0.2, 0.25) is 0 Å². The minimum Gasteiger partial charge on any atom is -0.907 e. The third-order valence-corrected chi connectivity index (χ3v) is 0. The SMILES string of the molecule is CC[O-].[NH4+].[NH4+].[NH4+].[NH4+].[O-]B([O-])[O-]. The molecule has 0 aliphatic carbocycles. The molecule has 0 saturated heterocycles. The van der Waals surface area contributed by atoms with Crippen LogP contribution in [0.3, 0.4) is 0 Å². The fourth-order valence-electron chi connectivity index (χ4n) is 0. The van der Waals surface area contributed by atoms with Crippen molar-refractivity contribution in [1.29, 1.82) is 0 Å². The van der Waals surface area contributed by atoms with Crippen molar-refractivity contribution in [3.05, 3.63) is 0 Å². The Morgan fingerprint density at radius 2 is 0.909 bits per heavy atom. The van der Waals surface area contributed by atoms with E-state index >= 15 is 0 Å². The molecule has 0 spiro atoms. The average molecular weight is 176 g/mol. The molecular weight excluding hydrogens is 155 g/mol. The Balaban J connectivity index is -0.00000000848. The maximum absolute atomic E-state index is 8.93. The molecule has 0 aromatic rings. The summed E-state index contributed by atoms with van der Waals surface area (Å²) in [5, 5.41) is 34.2. The Morgan fingerprint density at radius 1 is 0.909 bits per heavy atom. The molecule has 0 heterocycles. The van der Waals surface area contributed by atoms with Crippen LogP contribution in [0, 0.1) is 0 Å². The smallest absolute Gasteiger partial charge is 0.0809 e. The largest absolute Gasteiger partial charge is 0.907 e. The monoisotopic (exact) mass is 176 g/mol. The summed E-state index contributed by atoms with van der Waals surface area (Å²) in [6.07, 6.45) is 0. The zero-order chi connectivity index (χ0) is 6.28. The molecule has 0 amide bonds. The Labute approximate surface area is 66.8 Å². The molecule has 0 aromatic heterocycles. The van der Waals surface area contributed by atoms with E-state index in [1.165, 1.54) is 0 Å². The first kappa shape index (κ1) is 45.3. The van der Waals surface area contributed by atoms with Crippen molar-refractivity contribution in [1.82, 2.24) is 24.6 Å². The van der Waals surface area contributed by atoms with Gasteiger partial charge in [0.1, 0.15) is 0 Å². The molecule has 0 aliphatic heterocycles. The van der Waals surface area contributed by atoms with Crippen LogP contribution in [0.5, 0.6) is 0 Å². The summed E-state index contributed by atoms with van der Waals surface area (Å²) in [5.41, 5.74) is 0. The fourth-order valence-corrected chi connectivity index (χ4v) is 0. The summed E-state index contributed by atoms with van der Waals surface area (Å²) in [6.45, 7) is 1.57. The van der Waals surface area contributed by atoms with Crippen LogP contribution in [0.4, 0.5) is 0 Å². The molecule has 16 N–H and O–H groups in total. The van der Waals surface area contributed by atoms with Gasteiger partial charge in [-0.05, 0) is 0 Å². The Bertz CT molecular complexity index is 31.3. The summed E-state index contributed by atoms with van der Waals surface area (Å²) in [6, 6.07) is 0. The second-order valence-electron chi connectivity index (χ2n) is 0.577. The van der Waals surface area contributed by atoms with Gasteiger partial charge in [-0.15, -0.1) is 6.61 Å². The zero-order valence-corrected chi connectivity index (χ0v) is 7.92. The van der Waals surface area contributed by atoms with Gasteiger partial charge in [0.05, 0.1) is 0 Å². The van der Waals surface area contributed by atoms with Gasteiger partial charge in [0.25, 0.3) is 0 Å². The van der Waals surface area contributed by atoms with Crippen LogP contribution in [0.2, 0.25) is 0 Å². The molecule has 0 bridgehead atoms. The first-order chi connectivity index (χ1) is 3.15. The highest BCUT2D eigenvalue weighted by Crippen LogP contribution is 1.18. The molecule has 0 unspecified atom stereocenters. The zero-order valence-electron chi connectivity index (χ0n) is 7.92. The van der Waals surface area contributed by atoms with E-state index < -0.39 is 7.32 Å². The highest BCUT2D eigenvalue weighted by molar-refractivity contribution is 6.24. The molecule has 0 rings (SSSR count). The lowest BCUT2D eigenvalue weighted by Gasteiger charge is -2.35. The molecule has 0 aliphatic rings. The number of rotatable bonds is 0. The van der Waals surface area contributed by atoms with Gasteiger partial charge in [-0.1, -0.05) is 6.92 Å². The third kappa shape index (κ3) is 8980. The minimum atomic E-state index is -2.92. The normalized spacial score (nSPS) is 4.09. The summed E-state index contributed by atoms with van der Waals surface area (Å²) in [5.74, 6) is 0. The maximum atomic E-state index is 8.93. The van der Waals surface area contributed by atoms with Gasteiger partial charge >= 0.3 is 0 Å². The van der Waals surface area contributed by atoms with E-state index in [1.54, 1.807) is 6.92 Å². The molecular formula is C2H21BN4O4. The van der Waals surface area contributed by atoms with Crippen LogP contribution in [-0.2, 0) is 0 Å². The summed E-state index contributed by atoms with van der Waals surface area (Å²) < 4.78 is 0. The van der Waals surface area contributed by atoms with Crippen molar-refractivity contribution in [3.63, 3.8) is 0 Å². The van der Waals surface area contributed by atoms with E-state index in [1.807, 2.05) is 0 Å². The molecule has 9 heteroatoms. The number of hydrogen-bond acceptors (Lipinski definition) is 4. The van der Waals surface area contributed by atoms with E-state index in [-0.39, 0.29) is 31.2 Å². The Morgan fingerprint density at radius 3 is 0.909 bits per heavy atom. The van der Waals surface area contributed by atoms with Gasteiger partial charge in [-0.3, -0.25) is 7.32 Å². The van der Waals surface area contributed by atoms with E-state index in [9.17, 15) is 0 Å². The minimum absolute atomic E-state index is 0. The van der Waals surface area contributed by atoms with Crippen LogP contribution < -0.4 is 44.8 Å². The Hall–Kier alpha value is -0.255. The lowest BCUT2D eigenvalue weighted by atomic mass is 10.3. The van der Waals surface area contributed by atoms with E-state index in [4.69, 9.17) is 20.2 Å². The van der Waals surface area contributed by atoms with Gasteiger partial charge in [-0.25, -0.2) is 0 Å². The van der Waals surface area contributed by atoms with Crippen molar-refractivity contribution in [3.8, 4) is 0 Å². The Kier molecular flexibility index (Phi) is 219. The number of quaternary nitrogens is 4. The van der Waals surface area contributed by atoms with E-state index in [2.05, 4.69) is 0 Å². The predicted octanol–water partition coefficient (Wildman–Crippen LogP) is -3.08. The molecule has 0 radical (unpaired) electrons. The first-order valence-electron chi connectivity index (χ1n) is 1.70. The predicted molar refractivity (Wildman–Crippen MR) is 40.2 cm³/mol. The molecule has 76 valence electrons. The number of hydrogen-bond donors (Lipinski definition) is 4. The van der Waals surface area contributed by atoms with Gasteiger partial charge < -0.3 is 44.8 Å². The summed E-state index contributed by atoms with van der Waals surface area (Å²) in [7, 11) is -2.92. The molecule has 0 saturated carbocycles. The van der Waals surface area contributed by atoms with Crippen molar-refractivity contribution in [2.75, 3.05) is 6.61 Å². The molecule has 0 atom stereocenters. The molecule has 0 fully saturated rings. The summed E-state index contributed by atoms with van der Waals surface area (Å²) >= 11 is 0. The van der Waals surface area contributed by atoms with Gasteiger partial charge in [0.15, 0.2) is 0 Å². The van der Waals surface area contributed by atoms with E-state index in [0.29, 0.717) is 0 Å². The van der Waals surface area contributed by atoms with Crippen molar-refractivity contribution in [2.45, 2.75) is 6.92 Å². The fraction of sp³-hybridized carbons (Fsp3) is 1.00. The quantitative estimate of drug-likeness (QED) is 0.280. The van der Waals surface area contributed by atoms with Crippen LogP contribution in [0.15, 0.2) is 0 Å². The second kappa shape index (κ2) is 53.1. The maximum Gasteiger partial charge on any atom is -0.0809 e. The molecule has 0 aromatic carbocycles. The summed E-state index contributed by atoms with van der Waals surface area (Å²) in [4.78, 5) is 0.